The van der Waals surface area contributed by atoms with Crippen molar-refractivity contribution in [3.05, 3.63) is 59.4 Å². The molecular formula is C19H24N2OS. The molecule has 0 spiro atoms. The highest BCUT2D eigenvalue weighted by molar-refractivity contribution is 7.99. The molecule has 1 fully saturated rings. The Kier molecular flexibility index (Phi) is 5.94. The van der Waals surface area contributed by atoms with E-state index in [1.54, 1.807) is 0 Å². The van der Waals surface area contributed by atoms with Gasteiger partial charge in [0.2, 0.25) is 0 Å². The van der Waals surface area contributed by atoms with Crippen LogP contribution in [0.4, 0.5) is 0 Å². The number of nitrogens with zero attached hydrogens (tertiary/aromatic N) is 1. The fraction of sp³-hybridized carbons (Fsp3) is 0.421. The Balaban J connectivity index is 1.46. The zero-order chi connectivity index (χ0) is 15.9. The number of hydrogen-bond donors (Lipinski definition) is 1. The minimum absolute atomic E-state index is 0.615. The van der Waals surface area contributed by atoms with Crippen LogP contribution in [0.1, 0.15) is 23.9 Å². The number of ether oxygens (including phenoxy) is 1. The van der Waals surface area contributed by atoms with Crippen LogP contribution in [-0.4, -0.2) is 29.3 Å². The largest absolute Gasteiger partial charge is 0.493 e. The number of benzene rings is 1. The van der Waals surface area contributed by atoms with Gasteiger partial charge in [-0.2, -0.15) is 0 Å². The normalized spacial score (nSPS) is 17.3. The zero-order valence-electron chi connectivity index (χ0n) is 13.6. The average Bonchev–Trinajstić information content (AvgIpc) is 3.10. The molecule has 122 valence electrons. The maximum absolute atomic E-state index is 5.85. The molecule has 1 N–H and O–H groups in total. The molecule has 23 heavy (non-hydrogen) atoms. The first-order chi connectivity index (χ1) is 11.3. The molecule has 0 saturated carbocycles. The van der Waals surface area contributed by atoms with E-state index in [2.05, 4.69) is 59.7 Å². The Hall–Kier alpha value is -1.52. The van der Waals surface area contributed by atoms with Crippen LogP contribution in [-0.2, 0) is 19.3 Å². The lowest BCUT2D eigenvalue weighted by molar-refractivity contribution is 0.320. The maximum atomic E-state index is 5.85. The van der Waals surface area contributed by atoms with Crippen molar-refractivity contribution < 1.29 is 4.74 Å². The molecule has 1 aromatic heterocycles. The third kappa shape index (κ3) is 4.98. The summed E-state index contributed by atoms with van der Waals surface area (Å²) >= 11 is 1.97. The van der Waals surface area contributed by atoms with Crippen LogP contribution in [0, 0.1) is 0 Å². The fourth-order valence-electron chi connectivity index (χ4n) is 2.71. The second kappa shape index (κ2) is 8.37. The van der Waals surface area contributed by atoms with E-state index in [0.717, 1.165) is 42.3 Å². The van der Waals surface area contributed by atoms with Crippen LogP contribution in [0.5, 0.6) is 5.75 Å². The van der Waals surface area contributed by atoms with Crippen LogP contribution in [0.25, 0.3) is 0 Å². The number of hydrogen-bond acceptors (Lipinski definition) is 4. The third-order valence-electron chi connectivity index (χ3n) is 4.05. The predicted molar refractivity (Wildman–Crippen MR) is 97.2 cm³/mol. The second-order valence-corrected chi connectivity index (χ2v) is 6.87. The molecule has 1 aliphatic rings. The van der Waals surface area contributed by atoms with Crippen molar-refractivity contribution in [2.24, 2.45) is 0 Å². The van der Waals surface area contributed by atoms with Gasteiger partial charge in [0.1, 0.15) is 5.75 Å². The van der Waals surface area contributed by atoms with Crippen LogP contribution in [0.15, 0.2) is 42.5 Å². The molecule has 3 nitrogen and oxygen atoms in total. The summed E-state index contributed by atoms with van der Waals surface area (Å²) in [5.41, 5.74) is 3.62. The number of pyridine rings is 1. The Bertz CT molecular complexity index is 609. The van der Waals surface area contributed by atoms with Gasteiger partial charge in [0, 0.05) is 35.5 Å². The minimum Gasteiger partial charge on any atom is -0.493 e. The smallest absolute Gasteiger partial charge is 0.119 e. The molecule has 0 amide bonds. The summed E-state index contributed by atoms with van der Waals surface area (Å²) < 4.78 is 5.85. The number of aromatic nitrogens is 1. The summed E-state index contributed by atoms with van der Waals surface area (Å²) in [5, 5.41) is 3.51. The van der Waals surface area contributed by atoms with E-state index in [9.17, 15) is 0 Å². The Morgan fingerprint density at radius 2 is 2.00 bits per heavy atom. The molecule has 4 heteroatoms. The molecule has 1 unspecified atom stereocenters. The average molecular weight is 328 g/mol. The predicted octanol–water partition coefficient (Wildman–Crippen LogP) is 3.47. The highest BCUT2D eigenvalue weighted by atomic mass is 32.2. The molecule has 1 aromatic carbocycles. The topological polar surface area (TPSA) is 34.1 Å². The molecule has 0 bridgehead atoms. The van der Waals surface area contributed by atoms with Gasteiger partial charge in [-0.1, -0.05) is 25.1 Å². The fourth-order valence-corrected chi connectivity index (χ4v) is 3.70. The monoisotopic (exact) mass is 328 g/mol. The van der Waals surface area contributed by atoms with E-state index in [0.29, 0.717) is 12.6 Å². The zero-order valence-corrected chi connectivity index (χ0v) is 14.4. The van der Waals surface area contributed by atoms with Crippen molar-refractivity contribution in [1.82, 2.24) is 10.3 Å². The summed E-state index contributed by atoms with van der Waals surface area (Å²) in [6.45, 7) is 2.80. The SMILES string of the molecule is CCc1cccc(CCOc2ccc(CC3CSCN3)cc2)n1. The van der Waals surface area contributed by atoms with Gasteiger partial charge in [0.25, 0.3) is 0 Å². The summed E-state index contributed by atoms with van der Waals surface area (Å²) in [4.78, 5) is 4.60. The highest BCUT2D eigenvalue weighted by Gasteiger charge is 2.14. The molecule has 1 aliphatic heterocycles. The van der Waals surface area contributed by atoms with E-state index in [1.807, 2.05) is 11.8 Å². The molecule has 2 heterocycles. The molecular weight excluding hydrogens is 304 g/mol. The van der Waals surface area contributed by atoms with Gasteiger partial charge in [-0.05, 0) is 42.7 Å². The van der Waals surface area contributed by atoms with Crippen LogP contribution < -0.4 is 10.1 Å². The van der Waals surface area contributed by atoms with E-state index >= 15 is 0 Å². The lowest BCUT2D eigenvalue weighted by atomic mass is 10.1. The summed E-state index contributed by atoms with van der Waals surface area (Å²) in [7, 11) is 0. The quantitative estimate of drug-likeness (QED) is 0.844. The molecule has 2 aromatic rings. The Labute approximate surface area is 142 Å². The van der Waals surface area contributed by atoms with Crippen LogP contribution in [0.2, 0.25) is 0 Å². The van der Waals surface area contributed by atoms with Gasteiger partial charge in [0.05, 0.1) is 6.61 Å². The first-order valence-corrected chi connectivity index (χ1v) is 9.46. The van der Waals surface area contributed by atoms with Crippen molar-refractivity contribution in [3.63, 3.8) is 0 Å². The van der Waals surface area contributed by atoms with Gasteiger partial charge in [-0.3, -0.25) is 4.98 Å². The molecule has 0 radical (unpaired) electrons. The molecule has 1 atom stereocenters. The van der Waals surface area contributed by atoms with Crippen molar-refractivity contribution in [3.8, 4) is 5.75 Å². The number of nitrogens with one attached hydrogen (secondary N) is 1. The number of rotatable bonds is 7. The van der Waals surface area contributed by atoms with E-state index < -0.39 is 0 Å². The lowest BCUT2D eigenvalue weighted by Crippen LogP contribution is -2.25. The van der Waals surface area contributed by atoms with Crippen LogP contribution in [0.3, 0.4) is 0 Å². The van der Waals surface area contributed by atoms with Crippen molar-refractivity contribution in [2.75, 3.05) is 18.2 Å². The summed E-state index contributed by atoms with van der Waals surface area (Å²) in [6.07, 6.45) is 2.92. The first-order valence-electron chi connectivity index (χ1n) is 8.31. The van der Waals surface area contributed by atoms with E-state index in [1.165, 1.54) is 11.3 Å². The van der Waals surface area contributed by atoms with Gasteiger partial charge in [0.15, 0.2) is 0 Å². The summed E-state index contributed by atoms with van der Waals surface area (Å²) in [6, 6.07) is 15.3. The van der Waals surface area contributed by atoms with Gasteiger partial charge in [-0.15, -0.1) is 11.8 Å². The number of aryl methyl sites for hydroxylation is 1. The molecule has 0 aliphatic carbocycles. The lowest BCUT2D eigenvalue weighted by Gasteiger charge is -2.10. The molecule has 3 rings (SSSR count). The second-order valence-electron chi connectivity index (χ2n) is 5.84. The molecule has 1 saturated heterocycles. The summed E-state index contributed by atoms with van der Waals surface area (Å²) in [5.74, 6) is 3.23. The first kappa shape index (κ1) is 16.3. The highest BCUT2D eigenvalue weighted by Crippen LogP contribution is 2.17. The van der Waals surface area contributed by atoms with Crippen LogP contribution >= 0.6 is 11.8 Å². The van der Waals surface area contributed by atoms with Gasteiger partial charge in [-0.25, -0.2) is 0 Å². The maximum Gasteiger partial charge on any atom is 0.119 e. The Morgan fingerprint density at radius 3 is 2.74 bits per heavy atom. The third-order valence-corrected chi connectivity index (χ3v) is 5.06. The van der Waals surface area contributed by atoms with Crippen molar-refractivity contribution in [1.29, 1.82) is 0 Å². The van der Waals surface area contributed by atoms with E-state index in [-0.39, 0.29) is 0 Å². The Morgan fingerprint density at radius 1 is 1.17 bits per heavy atom. The van der Waals surface area contributed by atoms with Gasteiger partial charge < -0.3 is 10.1 Å². The number of thioether (sulfide) groups is 1. The minimum atomic E-state index is 0.615. The standard InChI is InChI=1S/C19H24N2OS/c1-2-16-4-3-5-17(21-16)10-11-22-19-8-6-15(7-9-19)12-18-13-23-14-20-18/h3-9,18,20H,2,10-14H2,1H3. The van der Waals surface area contributed by atoms with Crippen molar-refractivity contribution >= 4 is 11.8 Å². The van der Waals surface area contributed by atoms with Gasteiger partial charge >= 0.3 is 0 Å². The van der Waals surface area contributed by atoms with Crippen molar-refractivity contribution in [2.45, 2.75) is 32.2 Å². The van der Waals surface area contributed by atoms with E-state index in [4.69, 9.17) is 4.74 Å².